The molecule has 5 nitrogen and oxygen atoms in total. The molecule has 1 atom stereocenters. The van der Waals surface area contributed by atoms with Gasteiger partial charge in [-0.3, -0.25) is 0 Å². The smallest absolute Gasteiger partial charge is 0.408 e. The number of carbonyl (C=O) groups is 2. The highest BCUT2D eigenvalue weighted by molar-refractivity contribution is 5.69. The van der Waals surface area contributed by atoms with Gasteiger partial charge in [-0.15, -0.1) is 0 Å². The number of nitrogens with one attached hydrogen (secondary N) is 1. The van der Waals surface area contributed by atoms with Gasteiger partial charge < -0.3 is 19.6 Å². The molecule has 1 N–H and O–H groups in total. The summed E-state index contributed by atoms with van der Waals surface area (Å²) in [5, 5.41) is 2.73. The highest BCUT2D eigenvalue weighted by Gasteiger charge is 2.20. The van der Waals surface area contributed by atoms with E-state index in [1.165, 1.54) is 0 Å². The molecule has 0 aliphatic rings. The van der Waals surface area contributed by atoms with Gasteiger partial charge in [0, 0.05) is 6.42 Å². The first-order valence-electron chi connectivity index (χ1n) is 8.57. The fourth-order valence-electron chi connectivity index (χ4n) is 2.36. The van der Waals surface area contributed by atoms with E-state index in [1.807, 2.05) is 54.6 Å². The number of benzene rings is 2. The molecule has 0 aliphatic carbocycles. The average Bonchev–Trinajstić information content (AvgIpc) is 2.59. The molecule has 0 saturated carbocycles. The van der Waals surface area contributed by atoms with Crippen LogP contribution < -0.4 is 10.1 Å². The SMILES string of the molecule is CC(C)(C)OC(=O)N[C@H](CC=O)c1ccc(OCc2ccccc2)cc1. The zero-order chi connectivity index (χ0) is 19.0. The van der Waals surface area contributed by atoms with Crippen molar-refractivity contribution >= 4 is 12.4 Å². The topological polar surface area (TPSA) is 64.6 Å². The summed E-state index contributed by atoms with van der Waals surface area (Å²) in [6, 6.07) is 16.8. The van der Waals surface area contributed by atoms with E-state index in [0.717, 1.165) is 23.2 Å². The molecule has 26 heavy (non-hydrogen) atoms. The molecule has 0 saturated heterocycles. The van der Waals surface area contributed by atoms with Gasteiger partial charge in [-0.1, -0.05) is 42.5 Å². The van der Waals surface area contributed by atoms with Gasteiger partial charge in [-0.25, -0.2) is 4.79 Å². The van der Waals surface area contributed by atoms with Gasteiger partial charge >= 0.3 is 6.09 Å². The predicted octanol–water partition coefficient (Wildman–Crippen LogP) is 4.42. The van der Waals surface area contributed by atoms with Gasteiger partial charge in [-0.2, -0.15) is 0 Å². The Kier molecular flexibility index (Phi) is 6.78. The van der Waals surface area contributed by atoms with Crippen LogP contribution in [0.3, 0.4) is 0 Å². The Hall–Kier alpha value is -2.82. The fraction of sp³-hybridized carbons (Fsp3) is 0.333. The maximum absolute atomic E-state index is 12.0. The second-order valence-electron chi connectivity index (χ2n) is 6.94. The minimum atomic E-state index is -0.592. The standard InChI is InChI=1S/C21H25NO4/c1-21(2,3)26-20(24)22-19(13-14-23)17-9-11-18(12-10-17)25-15-16-7-5-4-6-8-16/h4-12,14,19H,13,15H2,1-3H3,(H,22,24)/t19-/m1/s1. The quantitative estimate of drug-likeness (QED) is 0.747. The van der Waals surface area contributed by atoms with Crippen LogP contribution in [0.25, 0.3) is 0 Å². The largest absolute Gasteiger partial charge is 0.489 e. The normalized spacial score (nSPS) is 12.1. The van der Waals surface area contributed by atoms with Crippen molar-refractivity contribution in [1.82, 2.24) is 5.32 Å². The van der Waals surface area contributed by atoms with Gasteiger partial charge in [0.25, 0.3) is 0 Å². The van der Waals surface area contributed by atoms with Crippen molar-refractivity contribution in [2.45, 2.75) is 45.4 Å². The number of hydrogen-bond acceptors (Lipinski definition) is 4. The van der Waals surface area contributed by atoms with Crippen LogP contribution in [0.5, 0.6) is 5.75 Å². The van der Waals surface area contributed by atoms with E-state index < -0.39 is 17.7 Å². The molecule has 0 unspecified atom stereocenters. The lowest BCUT2D eigenvalue weighted by molar-refractivity contribution is -0.108. The number of alkyl carbamates (subject to hydrolysis) is 1. The number of amides is 1. The van der Waals surface area contributed by atoms with Crippen LogP contribution >= 0.6 is 0 Å². The maximum atomic E-state index is 12.0. The minimum absolute atomic E-state index is 0.170. The van der Waals surface area contributed by atoms with E-state index >= 15 is 0 Å². The van der Waals surface area contributed by atoms with Gasteiger partial charge in [0.1, 0.15) is 24.2 Å². The zero-order valence-corrected chi connectivity index (χ0v) is 15.4. The minimum Gasteiger partial charge on any atom is -0.489 e. The summed E-state index contributed by atoms with van der Waals surface area (Å²) in [6.07, 6.45) is 0.402. The summed E-state index contributed by atoms with van der Waals surface area (Å²) in [4.78, 5) is 22.9. The summed E-state index contributed by atoms with van der Waals surface area (Å²) in [5.41, 5.74) is 1.31. The number of rotatable bonds is 7. The summed E-state index contributed by atoms with van der Waals surface area (Å²) < 4.78 is 11.0. The van der Waals surface area contributed by atoms with E-state index in [-0.39, 0.29) is 6.42 Å². The average molecular weight is 355 g/mol. The molecule has 0 fully saturated rings. The lowest BCUT2D eigenvalue weighted by Crippen LogP contribution is -2.35. The molecule has 0 aromatic heterocycles. The number of hydrogen-bond donors (Lipinski definition) is 1. The number of ether oxygens (including phenoxy) is 2. The van der Waals surface area contributed by atoms with Crippen LogP contribution in [0.1, 0.15) is 44.4 Å². The second-order valence-corrected chi connectivity index (χ2v) is 6.94. The van der Waals surface area contributed by atoms with Crippen LogP contribution in [0.2, 0.25) is 0 Å². The Balaban J connectivity index is 1.98. The first-order valence-corrected chi connectivity index (χ1v) is 8.57. The maximum Gasteiger partial charge on any atom is 0.408 e. The van der Waals surface area contributed by atoms with Crippen LogP contribution in [-0.2, 0) is 16.1 Å². The highest BCUT2D eigenvalue weighted by Crippen LogP contribution is 2.21. The second kappa shape index (κ2) is 9.04. The van der Waals surface area contributed by atoms with Gasteiger partial charge in [0.2, 0.25) is 0 Å². The van der Waals surface area contributed by atoms with Crippen molar-refractivity contribution in [2.24, 2.45) is 0 Å². The molecule has 0 heterocycles. The summed E-state index contributed by atoms with van der Waals surface area (Å²) in [6.45, 7) is 5.86. The molecular formula is C21H25NO4. The summed E-state index contributed by atoms with van der Waals surface area (Å²) in [7, 11) is 0. The molecule has 0 bridgehead atoms. The molecule has 1 amide bonds. The summed E-state index contributed by atoms with van der Waals surface area (Å²) >= 11 is 0. The molecule has 0 aliphatic heterocycles. The molecule has 0 radical (unpaired) electrons. The van der Waals surface area contributed by atoms with E-state index in [4.69, 9.17) is 9.47 Å². The Morgan fingerprint density at radius 1 is 1.08 bits per heavy atom. The third-order valence-corrected chi connectivity index (χ3v) is 3.55. The van der Waals surface area contributed by atoms with Crippen molar-refractivity contribution in [2.75, 3.05) is 0 Å². The van der Waals surface area contributed by atoms with E-state index in [9.17, 15) is 9.59 Å². The Morgan fingerprint density at radius 2 is 1.73 bits per heavy atom. The molecule has 2 rings (SSSR count). The predicted molar refractivity (Wildman–Crippen MR) is 100 cm³/mol. The Labute approximate surface area is 154 Å². The van der Waals surface area contributed by atoms with E-state index in [1.54, 1.807) is 20.8 Å². The summed E-state index contributed by atoms with van der Waals surface area (Å²) in [5.74, 6) is 0.722. The van der Waals surface area contributed by atoms with E-state index in [2.05, 4.69) is 5.32 Å². The molecule has 5 heteroatoms. The Morgan fingerprint density at radius 3 is 2.31 bits per heavy atom. The third-order valence-electron chi connectivity index (χ3n) is 3.55. The van der Waals surface area contributed by atoms with Crippen molar-refractivity contribution < 1.29 is 19.1 Å². The monoisotopic (exact) mass is 355 g/mol. The van der Waals surface area contributed by atoms with Gasteiger partial charge in [-0.05, 0) is 44.0 Å². The fourth-order valence-corrected chi connectivity index (χ4v) is 2.36. The van der Waals surface area contributed by atoms with Gasteiger partial charge in [0.15, 0.2) is 0 Å². The van der Waals surface area contributed by atoms with Crippen molar-refractivity contribution in [1.29, 1.82) is 0 Å². The molecule has 138 valence electrons. The van der Waals surface area contributed by atoms with Crippen LogP contribution in [0.4, 0.5) is 4.79 Å². The molecule has 2 aromatic carbocycles. The van der Waals surface area contributed by atoms with Gasteiger partial charge in [0.05, 0.1) is 6.04 Å². The van der Waals surface area contributed by atoms with Crippen LogP contribution in [-0.4, -0.2) is 18.0 Å². The zero-order valence-electron chi connectivity index (χ0n) is 15.4. The first kappa shape index (κ1) is 19.5. The molecule has 2 aromatic rings. The first-order chi connectivity index (χ1) is 12.4. The van der Waals surface area contributed by atoms with Crippen molar-refractivity contribution in [3.8, 4) is 5.75 Å². The van der Waals surface area contributed by atoms with E-state index in [0.29, 0.717) is 6.61 Å². The lowest BCUT2D eigenvalue weighted by atomic mass is 10.0. The highest BCUT2D eigenvalue weighted by atomic mass is 16.6. The molecule has 0 spiro atoms. The third kappa shape index (κ3) is 6.59. The lowest BCUT2D eigenvalue weighted by Gasteiger charge is -2.23. The van der Waals surface area contributed by atoms with Crippen LogP contribution in [0, 0.1) is 0 Å². The Bertz CT molecular complexity index is 705. The van der Waals surface area contributed by atoms with Crippen LogP contribution in [0.15, 0.2) is 54.6 Å². The number of aldehydes is 1. The number of carbonyl (C=O) groups excluding carboxylic acids is 2. The van der Waals surface area contributed by atoms with Crippen molar-refractivity contribution in [3.63, 3.8) is 0 Å². The van der Waals surface area contributed by atoms with Crippen molar-refractivity contribution in [3.05, 3.63) is 65.7 Å². The molecular weight excluding hydrogens is 330 g/mol.